The highest BCUT2D eigenvalue weighted by atomic mass is 35.5. The number of ether oxygens (including phenoxy) is 1. The fourth-order valence-electron chi connectivity index (χ4n) is 6.45. The second-order valence-corrected chi connectivity index (χ2v) is 7.87. The molecule has 5 aliphatic rings. The van der Waals surface area contributed by atoms with Gasteiger partial charge in [0, 0.05) is 35.6 Å². The molecule has 1 aromatic carbocycles. The molecule has 6 atom stereocenters. The number of piperidine rings is 1. The van der Waals surface area contributed by atoms with Crippen LogP contribution in [0.1, 0.15) is 18.4 Å². The van der Waals surface area contributed by atoms with Crippen LogP contribution in [0.3, 0.4) is 0 Å². The van der Waals surface area contributed by atoms with Crippen molar-refractivity contribution in [2.24, 2.45) is 11.8 Å². The van der Waals surface area contributed by atoms with E-state index < -0.39 is 6.29 Å². The molecule has 128 valence electrons. The Bertz CT molecular complexity index is 723. The molecule has 3 fully saturated rings. The highest BCUT2D eigenvalue weighted by Crippen LogP contribution is 2.62. The van der Waals surface area contributed by atoms with Crippen LogP contribution in [-0.2, 0) is 10.2 Å². The molecule has 24 heavy (non-hydrogen) atoms. The maximum atomic E-state index is 10.8. The molecule has 0 unspecified atom stereocenters. The van der Waals surface area contributed by atoms with Crippen LogP contribution in [0.2, 0.25) is 0 Å². The molecule has 2 saturated heterocycles. The minimum atomic E-state index is -0.662. The minimum Gasteiger partial charge on any atom is -0.381 e. The number of para-hydroxylation sites is 1. The fraction of sp³-hybridized carbons (Fsp3) is 0.579. The Hall–Kier alpha value is -1.07. The highest BCUT2D eigenvalue weighted by molar-refractivity contribution is 5.85. The number of halogens is 1. The van der Waals surface area contributed by atoms with Crippen LogP contribution in [0.15, 0.2) is 35.9 Å². The van der Waals surface area contributed by atoms with Gasteiger partial charge in [0.15, 0.2) is 6.29 Å². The van der Waals surface area contributed by atoms with Crippen molar-refractivity contribution in [3.8, 4) is 0 Å². The number of nitrogens with zero attached hydrogens (tertiary/aromatic N) is 1. The summed E-state index contributed by atoms with van der Waals surface area (Å²) in [5.41, 5.74) is 4.39. The van der Waals surface area contributed by atoms with E-state index >= 15 is 0 Å². The Kier molecular flexibility index (Phi) is 3.15. The van der Waals surface area contributed by atoms with Crippen LogP contribution < -0.4 is 5.32 Å². The van der Waals surface area contributed by atoms with Gasteiger partial charge in [0.1, 0.15) is 0 Å². The number of aliphatic hydroxyl groups excluding tert-OH is 1. The smallest absolute Gasteiger partial charge is 0.160 e. The van der Waals surface area contributed by atoms with Gasteiger partial charge in [-0.1, -0.05) is 29.8 Å². The molecule has 1 spiro atoms. The molecule has 1 aromatic rings. The second-order valence-electron chi connectivity index (χ2n) is 7.87. The van der Waals surface area contributed by atoms with Crippen molar-refractivity contribution in [2.75, 3.05) is 25.0 Å². The van der Waals surface area contributed by atoms with Gasteiger partial charge in [0.25, 0.3) is 0 Å². The lowest BCUT2D eigenvalue weighted by Gasteiger charge is -2.55. The summed E-state index contributed by atoms with van der Waals surface area (Å²) >= 11 is 0. The third kappa shape index (κ3) is 1.61. The molecule has 0 amide bonds. The summed E-state index contributed by atoms with van der Waals surface area (Å²) in [4.78, 5) is 2.69. The van der Waals surface area contributed by atoms with Gasteiger partial charge < -0.3 is 15.2 Å². The first kappa shape index (κ1) is 15.2. The molecular formula is C19H23ClN2O2. The van der Waals surface area contributed by atoms with E-state index in [1.165, 1.54) is 36.2 Å². The van der Waals surface area contributed by atoms with Gasteiger partial charge in [0.05, 0.1) is 6.61 Å². The summed E-state index contributed by atoms with van der Waals surface area (Å²) in [5, 5.41) is 14.6. The Morgan fingerprint density at radius 3 is 3.08 bits per heavy atom. The van der Waals surface area contributed by atoms with E-state index in [1.807, 2.05) is 0 Å². The van der Waals surface area contributed by atoms with E-state index in [4.69, 9.17) is 4.74 Å². The quantitative estimate of drug-likeness (QED) is 0.706. The topological polar surface area (TPSA) is 44.7 Å². The number of hydrogen-bond donors (Lipinski definition) is 2. The van der Waals surface area contributed by atoms with E-state index in [2.05, 4.69) is 40.6 Å². The van der Waals surface area contributed by atoms with Gasteiger partial charge >= 0.3 is 0 Å². The molecule has 4 nitrogen and oxygen atoms in total. The number of aliphatic hydroxyl groups is 1. The monoisotopic (exact) mass is 346 g/mol. The number of fused-ring (bicyclic) bond motifs is 2. The summed E-state index contributed by atoms with van der Waals surface area (Å²) < 4.78 is 5.75. The van der Waals surface area contributed by atoms with Crippen molar-refractivity contribution in [1.29, 1.82) is 0 Å². The largest absolute Gasteiger partial charge is 0.381 e. The predicted octanol–water partition coefficient (Wildman–Crippen LogP) is 2.14. The molecule has 4 heterocycles. The van der Waals surface area contributed by atoms with Gasteiger partial charge in [-0.05, 0) is 36.9 Å². The molecule has 6 rings (SSSR count). The fourth-order valence-corrected chi connectivity index (χ4v) is 6.45. The van der Waals surface area contributed by atoms with Gasteiger partial charge in [-0.25, -0.2) is 0 Å². The van der Waals surface area contributed by atoms with Crippen molar-refractivity contribution in [3.05, 3.63) is 41.5 Å². The second kappa shape index (κ2) is 4.98. The van der Waals surface area contributed by atoms with Crippen LogP contribution in [-0.4, -0.2) is 48.1 Å². The standard InChI is InChI=1S/C19H22N2O2.ClH/c22-18-16-12-9-15-19(6-7-21(15)10-11(12)5-8-23-18)13-3-1-2-4-14(13)20-17(16)19;/h1-5,12,15-18,20,22H,6-10H2;1H/t12-,15-,16+,17-,18+,19+;/m0./s1. The van der Waals surface area contributed by atoms with E-state index in [9.17, 15) is 5.11 Å². The summed E-state index contributed by atoms with van der Waals surface area (Å²) in [5.74, 6) is 0.624. The Morgan fingerprint density at radius 1 is 1.29 bits per heavy atom. The van der Waals surface area contributed by atoms with Gasteiger partial charge in [-0.15, -0.1) is 12.4 Å². The highest BCUT2D eigenvalue weighted by Gasteiger charge is 2.66. The van der Waals surface area contributed by atoms with E-state index in [0.717, 1.165) is 6.54 Å². The van der Waals surface area contributed by atoms with Crippen LogP contribution in [0.4, 0.5) is 5.69 Å². The Morgan fingerprint density at radius 2 is 2.17 bits per heavy atom. The molecule has 0 aromatic heterocycles. The normalized spacial score (nSPS) is 44.5. The lowest BCUT2D eigenvalue weighted by atomic mass is 9.55. The molecule has 1 aliphatic carbocycles. The Labute approximate surface area is 148 Å². The predicted molar refractivity (Wildman–Crippen MR) is 94.4 cm³/mol. The maximum absolute atomic E-state index is 10.8. The molecule has 5 heteroatoms. The van der Waals surface area contributed by atoms with E-state index in [1.54, 1.807) is 0 Å². The minimum absolute atomic E-state index is 0. The van der Waals surface area contributed by atoms with Crippen molar-refractivity contribution < 1.29 is 9.84 Å². The lowest BCUT2D eigenvalue weighted by molar-refractivity contribution is -0.152. The SMILES string of the molecule is Cl.O[C@@H]1OCC=C2CN3CC[C@]45c6ccccc6N[C@H]4[C@H]1[C@H]2C[C@H]35. The summed E-state index contributed by atoms with van der Waals surface area (Å²) in [6.07, 6.45) is 3.93. The Balaban J connectivity index is 0.00000131. The summed E-state index contributed by atoms with van der Waals surface area (Å²) in [6, 6.07) is 9.68. The number of nitrogens with one attached hydrogen (secondary N) is 1. The van der Waals surface area contributed by atoms with Crippen LogP contribution >= 0.6 is 12.4 Å². The molecule has 1 saturated carbocycles. The van der Waals surface area contributed by atoms with Gasteiger partial charge in [-0.3, -0.25) is 4.90 Å². The van der Waals surface area contributed by atoms with Crippen molar-refractivity contribution in [2.45, 2.75) is 36.6 Å². The van der Waals surface area contributed by atoms with Gasteiger partial charge in [-0.2, -0.15) is 0 Å². The maximum Gasteiger partial charge on any atom is 0.160 e. The van der Waals surface area contributed by atoms with Crippen molar-refractivity contribution in [3.63, 3.8) is 0 Å². The van der Waals surface area contributed by atoms with Crippen LogP contribution in [0.5, 0.6) is 0 Å². The number of benzene rings is 1. The zero-order valence-electron chi connectivity index (χ0n) is 13.5. The summed E-state index contributed by atoms with van der Waals surface area (Å²) in [7, 11) is 0. The van der Waals surface area contributed by atoms with E-state index in [-0.39, 0.29) is 29.8 Å². The van der Waals surface area contributed by atoms with Crippen molar-refractivity contribution in [1.82, 2.24) is 4.90 Å². The summed E-state index contributed by atoms with van der Waals surface area (Å²) in [6.45, 7) is 2.79. The molecule has 0 radical (unpaired) electrons. The number of anilines is 1. The number of hydrogen-bond acceptors (Lipinski definition) is 4. The van der Waals surface area contributed by atoms with Crippen LogP contribution in [0.25, 0.3) is 0 Å². The molecule has 2 N–H and O–H groups in total. The molecular weight excluding hydrogens is 324 g/mol. The average Bonchev–Trinajstić information content (AvgIpc) is 3.06. The van der Waals surface area contributed by atoms with E-state index in [0.29, 0.717) is 18.6 Å². The number of rotatable bonds is 0. The zero-order valence-corrected chi connectivity index (χ0v) is 14.3. The lowest BCUT2D eigenvalue weighted by Crippen LogP contribution is -2.64. The van der Waals surface area contributed by atoms with Crippen molar-refractivity contribution >= 4 is 18.1 Å². The zero-order chi connectivity index (χ0) is 15.2. The van der Waals surface area contributed by atoms with Crippen LogP contribution in [0, 0.1) is 11.8 Å². The third-order valence-corrected chi connectivity index (χ3v) is 7.27. The average molecular weight is 347 g/mol. The van der Waals surface area contributed by atoms with Gasteiger partial charge in [0.2, 0.25) is 0 Å². The molecule has 4 aliphatic heterocycles. The first-order valence-electron chi connectivity index (χ1n) is 8.88. The first-order chi connectivity index (χ1) is 11.3. The third-order valence-electron chi connectivity index (χ3n) is 7.27. The first-order valence-corrected chi connectivity index (χ1v) is 8.88. The molecule has 2 bridgehead atoms.